The van der Waals surface area contributed by atoms with Crippen LogP contribution in [0.2, 0.25) is 0 Å². The van der Waals surface area contributed by atoms with Gasteiger partial charge in [0.2, 0.25) is 5.91 Å². The fraction of sp³-hybridized carbons (Fsp3) is 0.136. The second-order valence-corrected chi connectivity index (χ2v) is 7.33. The number of carbonyl (C=O) groups is 1. The van der Waals surface area contributed by atoms with Gasteiger partial charge in [0, 0.05) is 18.3 Å². The molecule has 7 heteroatoms. The lowest BCUT2D eigenvalue weighted by Crippen LogP contribution is -2.28. The van der Waals surface area contributed by atoms with Crippen molar-refractivity contribution >= 4 is 22.6 Å². The van der Waals surface area contributed by atoms with Crippen LogP contribution < -0.4 is 16.6 Å². The van der Waals surface area contributed by atoms with E-state index >= 15 is 0 Å². The molecule has 7 nitrogen and oxygen atoms in total. The van der Waals surface area contributed by atoms with Crippen LogP contribution in [0.1, 0.15) is 22.6 Å². The van der Waals surface area contributed by atoms with E-state index in [1.165, 1.54) is 4.57 Å². The molecule has 4 aromatic rings. The first-order chi connectivity index (χ1) is 14.0. The number of fused-ring (bicyclic) bond motifs is 2. The molecule has 3 N–H and O–H groups in total. The van der Waals surface area contributed by atoms with Crippen molar-refractivity contribution < 1.29 is 4.79 Å². The molecule has 1 atom stereocenters. The highest BCUT2D eigenvalue weighted by Crippen LogP contribution is 2.43. The maximum atomic E-state index is 13.0. The van der Waals surface area contributed by atoms with Gasteiger partial charge in [-0.1, -0.05) is 48.0 Å². The van der Waals surface area contributed by atoms with Crippen molar-refractivity contribution in [1.82, 2.24) is 14.5 Å². The number of rotatable bonds is 2. The zero-order valence-corrected chi connectivity index (χ0v) is 15.9. The summed E-state index contributed by atoms with van der Waals surface area (Å²) in [5, 5.41) is 3.22. The molecule has 0 saturated carbocycles. The van der Waals surface area contributed by atoms with Gasteiger partial charge in [-0.05, 0) is 24.1 Å². The lowest BCUT2D eigenvalue weighted by molar-refractivity contribution is -0.116. The molecule has 1 aliphatic rings. The third kappa shape index (κ3) is 2.47. The molecule has 0 spiro atoms. The van der Waals surface area contributed by atoms with Crippen molar-refractivity contribution in [3.05, 3.63) is 86.1 Å². The van der Waals surface area contributed by atoms with E-state index in [0.29, 0.717) is 22.3 Å². The minimum Gasteiger partial charge on any atom is -0.340 e. The molecule has 0 radical (unpaired) electrons. The van der Waals surface area contributed by atoms with Crippen molar-refractivity contribution in [3.8, 4) is 11.3 Å². The normalized spacial score (nSPS) is 15.5. The minimum absolute atomic E-state index is 0.200. The lowest BCUT2D eigenvalue weighted by atomic mass is 9.89. The fourth-order valence-corrected chi connectivity index (χ4v) is 4.06. The number of aryl methyl sites for hydroxylation is 2. The van der Waals surface area contributed by atoms with Crippen LogP contribution in [0.5, 0.6) is 0 Å². The number of nitrogens with zero attached hydrogens (tertiary/aromatic N) is 1. The van der Waals surface area contributed by atoms with Gasteiger partial charge in [0.15, 0.2) is 0 Å². The van der Waals surface area contributed by atoms with E-state index in [1.807, 2.05) is 55.5 Å². The fourth-order valence-electron chi connectivity index (χ4n) is 4.06. The molecule has 2 aromatic carbocycles. The number of H-pyrrole nitrogens is 2. The number of para-hydroxylation sites is 1. The van der Waals surface area contributed by atoms with Crippen molar-refractivity contribution in [2.24, 2.45) is 7.05 Å². The average Bonchev–Trinajstić information content (AvgIpc) is 3.24. The summed E-state index contributed by atoms with van der Waals surface area (Å²) in [5.41, 5.74) is 4.07. The van der Waals surface area contributed by atoms with Gasteiger partial charge in [-0.15, -0.1) is 0 Å². The molecule has 3 heterocycles. The Bertz CT molecular complexity index is 1410. The lowest BCUT2D eigenvalue weighted by Gasteiger charge is -2.12. The van der Waals surface area contributed by atoms with Crippen LogP contribution in [-0.4, -0.2) is 20.4 Å². The Hall–Kier alpha value is -3.87. The van der Waals surface area contributed by atoms with Gasteiger partial charge >= 0.3 is 5.69 Å². The Morgan fingerprint density at radius 3 is 2.41 bits per heavy atom. The summed E-state index contributed by atoms with van der Waals surface area (Å²) in [6.07, 6.45) is 0. The van der Waals surface area contributed by atoms with Gasteiger partial charge in [0.25, 0.3) is 5.56 Å². The van der Waals surface area contributed by atoms with Gasteiger partial charge < -0.3 is 10.3 Å². The predicted octanol–water partition coefficient (Wildman–Crippen LogP) is 2.61. The van der Waals surface area contributed by atoms with Gasteiger partial charge in [-0.25, -0.2) is 4.79 Å². The van der Waals surface area contributed by atoms with Crippen molar-refractivity contribution in [1.29, 1.82) is 0 Å². The largest absolute Gasteiger partial charge is 0.340 e. The van der Waals surface area contributed by atoms with Crippen LogP contribution >= 0.6 is 0 Å². The SMILES string of the molecule is Cc1ccc(-c2[nH]c3c(c2[C@H]2C(=O)Nc4ccccc42)c(=O)[nH]c(=O)n3C)cc1. The summed E-state index contributed by atoms with van der Waals surface area (Å²) in [7, 11) is 1.59. The first-order valence-electron chi connectivity index (χ1n) is 9.27. The zero-order chi connectivity index (χ0) is 20.3. The molecule has 0 fully saturated rings. The Morgan fingerprint density at radius 1 is 0.931 bits per heavy atom. The molecular formula is C22H18N4O3. The van der Waals surface area contributed by atoms with E-state index < -0.39 is 17.2 Å². The van der Waals surface area contributed by atoms with Crippen molar-refractivity contribution in [2.45, 2.75) is 12.8 Å². The second kappa shape index (κ2) is 6.07. The van der Waals surface area contributed by atoms with Gasteiger partial charge in [-0.3, -0.25) is 19.1 Å². The molecule has 0 aliphatic carbocycles. The van der Waals surface area contributed by atoms with E-state index in [1.54, 1.807) is 7.05 Å². The Morgan fingerprint density at radius 2 is 1.66 bits per heavy atom. The number of nitrogens with one attached hydrogen (secondary N) is 3. The summed E-state index contributed by atoms with van der Waals surface area (Å²) in [4.78, 5) is 43.5. The quantitative estimate of drug-likeness (QED) is 0.494. The third-order valence-electron chi connectivity index (χ3n) is 5.53. The van der Waals surface area contributed by atoms with E-state index in [-0.39, 0.29) is 5.91 Å². The number of anilines is 1. The first-order valence-corrected chi connectivity index (χ1v) is 9.27. The maximum Gasteiger partial charge on any atom is 0.329 e. The monoisotopic (exact) mass is 386 g/mol. The number of aromatic nitrogens is 3. The number of carbonyl (C=O) groups excluding carboxylic acids is 1. The molecule has 2 aromatic heterocycles. The highest BCUT2D eigenvalue weighted by Gasteiger charge is 2.37. The molecule has 29 heavy (non-hydrogen) atoms. The average molecular weight is 386 g/mol. The summed E-state index contributed by atoms with van der Waals surface area (Å²) in [5.74, 6) is -0.858. The third-order valence-corrected chi connectivity index (χ3v) is 5.53. The predicted molar refractivity (Wildman–Crippen MR) is 111 cm³/mol. The van der Waals surface area contributed by atoms with Gasteiger partial charge in [-0.2, -0.15) is 0 Å². The number of hydrogen-bond donors (Lipinski definition) is 3. The topological polar surface area (TPSA) is 99.8 Å². The first kappa shape index (κ1) is 17.2. The standard InChI is InChI=1S/C22H18N4O3/c1-11-7-9-12(10-8-11)18-16(15-13-5-3-4-6-14(13)23-20(15)27)17-19(24-18)26(2)22(29)25-21(17)28/h3-10,15,24H,1-2H3,(H,23,27)(H,25,28,29)/t15-/m0/s1. The highest BCUT2D eigenvalue weighted by atomic mass is 16.2. The van der Waals surface area contributed by atoms with Crippen LogP contribution in [-0.2, 0) is 11.8 Å². The molecule has 0 bridgehead atoms. The molecule has 1 amide bonds. The maximum absolute atomic E-state index is 13.0. The number of hydrogen-bond acceptors (Lipinski definition) is 3. The number of benzene rings is 2. The number of amides is 1. The summed E-state index contributed by atoms with van der Waals surface area (Å²) >= 11 is 0. The Balaban J connectivity index is 1.91. The molecule has 5 rings (SSSR count). The van der Waals surface area contributed by atoms with Crippen LogP contribution in [0.4, 0.5) is 5.69 Å². The molecule has 1 aliphatic heterocycles. The Kier molecular flexibility index (Phi) is 3.61. The van der Waals surface area contributed by atoms with Crippen LogP contribution in [0.15, 0.2) is 58.1 Å². The molecule has 0 saturated heterocycles. The van der Waals surface area contributed by atoms with E-state index in [9.17, 15) is 14.4 Å². The van der Waals surface area contributed by atoms with Gasteiger partial charge in [0.05, 0.1) is 17.0 Å². The van der Waals surface area contributed by atoms with E-state index in [4.69, 9.17) is 0 Å². The molecule has 144 valence electrons. The molecular weight excluding hydrogens is 368 g/mol. The van der Waals surface area contributed by atoms with Crippen LogP contribution in [0.25, 0.3) is 22.3 Å². The van der Waals surface area contributed by atoms with Gasteiger partial charge in [0.1, 0.15) is 5.65 Å². The summed E-state index contributed by atoms with van der Waals surface area (Å²) in [6.45, 7) is 1.99. The second-order valence-electron chi connectivity index (χ2n) is 7.33. The van der Waals surface area contributed by atoms with E-state index in [0.717, 1.165) is 22.4 Å². The summed E-state index contributed by atoms with van der Waals surface area (Å²) < 4.78 is 1.36. The van der Waals surface area contributed by atoms with E-state index in [2.05, 4.69) is 15.3 Å². The van der Waals surface area contributed by atoms with Crippen LogP contribution in [0.3, 0.4) is 0 Å². The Labute approximate surface area is 165 Å². The van der Waals surface area contributed by atoms with Crippen molar-refractivity contribution in [2.75, 3.05) is 5.32 Å². The minimum atomic E-state index is -0.658. The molecule has 0 unspecified atom stereocenters. The summed E-state index contributed by atoms with van der Waals surface area (Å²) in [6, 6.07) is 15.3. The van der Waals surface area contributed by atoms with Crippen molar-refractivity contribution in [3.63, 3.8) is 0 Å². The van der Waals surface area contributed by atoms with Crippen LogP contribution in [0, 0.1) is 6.92 Å². The number of aromatic amines is 2. The smallest absolute Gasteiger partial charge is 0.329 e. The highest BCUT2D eigenvalue weighted by molar-refractivity contribution is 6.08. The zero-order valence-electron chi connectivity index (χ0n) is 15.9.